The summed E-state index contributed by atoms with van der Waals surface area (Å²) in [4.78, 5) is 25.2. The third-order valence-corrected chi connectivity index (χ3v) is 3.87. The van der Waals surface area contributed by atoms with E-state index in [4.69, 9.17) is 14.2 Å². The van der Waals surface area contributed by atoms with E-state index in [-0.39, 0.29) is 5.91 Å². The van der Waals surface area contributed by atoms with Crippen molar-refractivity contribution in [3.8, 4) is 17.2 Å². The molecule has 0 radical (unpaired) electrons. The van der Waals surface area contributed by atoms with Gasteiger partial charge in [-0.15, -0.1) is 0 Å². The lowest BCUT2D eigenvalue weighted by atomic mass is 10.1. The van der Waals surface area contributed by atoms with Gasteiger partial charge in [0.05, 0.1) is 7.11 Å². The number of benzene rings is 1. The molecule has 118 valence electrons. The molecule has 0 bridgehead atoms. The molecule has 1 fully saturated rings. The van der Waals surface area contributed by atoms with Gasteiger partial charge in [-0.1, -0.05) is 0 Å². The second-order valence-electron chi connectivity index (χ2n) is 5.20. The number of likely N-dealkylation sites (tertiary alicyclic amines) is 1. The Morgan fingerprint density at radius 1 is 1.32 bits per heavy atom. The lowest BCUT2D eigenvalue weighted by molar-refractivity contribution is -0.141. The first kappa shape index (κ1) is 14.5. The van der Waals surface area contributed by atoms with Crippen LogP contribution in [0.15, 0.2) is 12.1 Å². The summed E-state index contributed by atoms with van der Waals surface area (Å²) in [6.07, 6.45) is 1.16. The topological polar surface area (TPSA) is 85.3 Å². The van der Waals surface area contributed by atoms with Crippen LogP contribution in [0, 0.1) is 0 Å². The Kier molecular flexibility index (Phi) is 3.79. The second-order valence-corrected chi connectivity index (χ2v) is 5.20. The molecule has 1 N–H and O–H groups in total. The van der Waals surface area contributed by atoms with E-state index < -0.39 is 12.0 Å². The molecule has 1 aromatic carbocycles. The maximum atomic E-state index is 12.6. The Balaban J connectivity index is 1.94. The summed E-state index contributed by atoms with van der Waals surface area (Å²) in [5.41, 5.74) is 0.342. The van der Waals surface area contributed by atoms with Crippen molar-refractivity contribution in [1.29, 1.82) is 0 Å². The van der Waals surface area contributed by atoms with Crippen LogP contribution in [0.25, 0.3) is 0 Å². The number of carbonyl (C=O) groups excluding carboxylic acids is 1. The number of hydrogen-bond acceptors (Lipinski definition) is 5. The summed E-state index contributed by atoms with van der Waals surface area (Å²) in [5, 5.41) is 9.21. The molecule has 0 aliphatic carbocycles. The Hall–Kier alpha value is -2.44. The van der Waals surface area contributed by atoms with E-state index in [1.54, 1.807) is 12.1 Å². The molecule has 1 saturated heterocycles. The number of methoxy groups -OCH3 is 1. The highest BCUT2D eigenvalue weighted by Crippen LogP contribution is 2.40. The van der Waals surface area contributed by atoms with Crippen LogP contribution in [0.2, 0.25) is 0 Å². The van der Waals surface area contributed by atoms with Crippen LogP contribution in [0.4, 0.5) is 0 Å². The Bertz CT molecular complexity index is 597. The fourth-order valence-electron chi connectivity index (χ4n) is 2.83. The number of ether oxygens (including phenoxy) is 3. The first-order valence-corrected chi connectivity index (χ1v) is 7.13. The van der Waals surface area contributed by atoms with E-state index in [2.05, 4.69) is 0 Å². The first-order chi connectivity index (χ1) is 10.6. The van der Waals surface area contributed by atoms with Crippen LogP contribution in [0.3, 0.4) is 0 Å². The van der Waals surface area contributed by atoms with Crippen LogP contribution in [-0.2, 0) is 4.79 Å². The van der Waals surface area contributed by atoms with Crippen molar-refractivity contribution < 1.29 is 28.9 Å². The van der Waals surface area contributed by atoms with Gasteiger partial charge < -0.3 is 24.2 Å². The molecule has 2 aliphatic heterocycles. The summed E-state index contributed by atoms with van der Waals surface area (Å²) >= 11 is 0. The van der Waals surface area contributed by atoms with Crippen molar-refractivity contribution in [2.75, 3.05) is 26.9 Å². The van der Waals surface area contributed by atoms with E-state index in [1.807, 2.05) is 0 Å². The van der Waals surface area contributed by atoms with Crippen LogP contribution < -0.4 is 14.2 Å². The number of carbonyl (C=O) groups is 2. The number of nitrogens with zero attached hydrogens (tertiary/aromatic N) is 1. The minimum atomic E-state index is -0.977. The molecule has 2 aliphatic rings. The molecule has 0 saturated carbocycles. The molecule has 0 aromatic heterocycles. The predicted octanol–water partition coefficient (Wildman–Crippen LogP) is 1.16. The zero-order valence-corrected chi connectivity index (χ0v) is 12.2. The molecule has 22 heavy (non-hydrogen) atoms. The van der Waals surface area contributed by atoms with Gasteiger partial charge in [-0.25, -0.2) is 4.79 Å². The highest BCUT2D eigenvalue weighted by molar-refractivity contribution is 5.98. The van der Waals surface area contributed by atoms with Gasteiger partial charge in [0.25, 0.3) is 5.91 Å². The van der Waals surface area contributed by atoms with Crippen molar-refractivity contribution in [3.63, 3.8) is 0 Å². The minimum Gasteiger partial charge on any atom is -0.493 e. The highest BCUT2D eigenvalue weighted by Gasteiger charge is 2.35. The first-order valence-electron chi connectivity index (χ1n) is 7.13. The molecule has 7 heteroatoms. The predicted molar refractivity (Wildman–Crippen MR) is 75.7 cm³/mol. The molecule has 1 aromatic rings. The fraction of sp³-hybridized carbons (Fsp3) is 0.467. The summed E-state index contributed by atoms with van der Waals surface area (Å²) in [6, 6.07) is 2.37. The summed E-state index contributed by atoms with van der Waals surface area (Å²) in [5.74, 6) is 0.0173. The van der Waals surface area contributed by atoms with Gasteiger partial charge >= 0.3 is 5.97 Å². The van der Waals surface area contributed by atoms with Crippen molar-refractivity contribution >= 4 is 11.9 Å². The number of hydrogen-bond donors (Lipinski definition) is 1. The number of fused-ring (bicyclic) bond motifs is 1. The van der Waals surface area contributed by atoms with Crippen LogP contribution in [-0.4, -0.2) is 54.8 Å². The third-order valence-electron chi connectivity index (χ3n) is 3.87. The maximum Gasteiger partial charge on any atom is 0.326 e. The second kappa shape index (κ2) is 5.75. The molecule has 3 rings (SSSR count). The SMILES string of the molecule is COc1cc(C(=O)N2CCCC2C(=O)O)cc2c1OCCO2. The molecule has 0 spiro atoms. The quantitative estimate of drug-likeness (QED) is 0.902. The van der Waals surface area contributed by atoms with E-state index in [9.17, 15) is 14.7 Å². The smallest absolute Gasteiger partial charge is 0.326 e. The van der Waals surface area contributed by atoms with Gasteiger partial charge in [0.2, 0.25) is 5.75 Å². The summed E-state index contributed by atoms with van der Waals surface area (Å²) < 4.78 is 16.2. The lowest BCUT2D eigenvalue weighted by Crippen LogP contribution is -2.40. The Morgan fingerprint density at radius 2 is 2.09 bits per heavy atom. The number of carboxylic acids is 1. The summed E-state index contributed by atoms with van der Waals surface area (Å²) in [7, 11) is 1.48. The molecule has 1 amide bonds. The lowest BCUT2D eigenvalue weighted by Gasteiger charge is -2.24. The minimum absolute atomic E-state index is 0.333. The Labute approximate surface area is 127 Å². The number of carboxylic acid groups (broad SMARTS) is 1. The third kappa shape index (κ3) is 2.43. The average Bonchev–Trinajstić information content (AvgIpc) is 3.02. The van der Waals surface area contributed by atoms with Crippen molar-refractivity contribution in [2.24, 2.45) is 0 Å². The number of rotatable bonds is 3. The average molecular weight is 307 g/mol. The van der Waals surface area contributed by atoms with Crippen molar-refractivity contribution in [3.05, 3.63) is 17.7 Å². The number of amides is 1. The zero-order valence-electron chi connectivity index (χ0n) is 12.2. The van der Waals surface area contributed by atoms with Crippen LogP contribution in [0.5, 0.6) is 17.2 Å². The van der Waals surface area contributed by atoms with Gasteiger partial charge in [-0.2, -0.15) is 0 Å². The van der Waals surface area contributed by atoms with Crippen LogP contribution in [0.1, 0.15) is 23.2 Å². The molecular weight excluding hydrogens is 290 g/mol. The molecule has 1 unspecified atom stereocenters. The van der Waals surface area contributed by atoms with Crippen molar-refractivity contribution in [1.82, 2.24) is 4.90 Å². The largest absolute Gasteiger partial charge is 0.493 e. The fourth-order valence-corrected chi connectivity index (χ4v) is 2.83. The van der Waals surface area contributed by atoms with Gasteiger partial charge in [-0.3, -0.25) is 4.79 Å². The highest BCUT2D eigenvalue weighted by atomic mass is 16.6. The Morgan fingerprint density at radius 3 is 2.82 bits per heavy atom. The van der Waals surface area contributed by atoms with Gasteiger partial charge in [-0.05, 0) is 25.0 Å². The van der Waals surface area contributed by atoms with E-state index in [0.717, 1.165) is 0 Å². The summed E-state index contributed by atoms with van der Waals surface area (Å²) in [6.45, 7) is 1.26. The van der Waals surface area contributed by atoms with Gasteiger partial charge in [0, 0.05) is 12.1 Å². The molecule has 2 heterocycles. The molecule has 1 atom stereocenters. The van der Waals surface area contributed by atoms with E-state index >= 15 is 0 Å². The normalized spacial score (nSPS) is 19.9. The van der Waals surface area contributed by atoms with Gasteiger partial charge in [0.1, 0.15) is 19.3 Å². The van der Waals surface area contributed by atoms with Crippen molar-refractivity contribution in [2.45, 2.75) is 18.9 Å². The van der Waals surface area contributed by atoms with Crippen LogP contribution >= 0.6 is 0 Å². The van der Waals surface area contributed by atoms with E-state index in [0.29, 0.717) is 55.4 Å². The molecule has 7 nitrogen and oxygen atoms in total. The van der Waals surface area contributed by atoms with Gasteiger partial charge in [0.15, 0.2) is 11.5 Å². The molecular formula is C15H17NO6. The number of aliphatic carboxylic acids is 1. The van der Waals surface area contributed by atoms with E-state index in [1.165, 1.54) is 12.0 Å². The zero-order chi connectivity index (χ0) is 15.7. The maximum absolute atomic E-state index is 12.6. The monoisotopic (exact) mass is 307 g/mol. The standard InChI is InChI=1S/C15H17NO6/c1-20-11-7-9(8-12-13(11)22-6-5-21-12)14(17)16-4-2-3-10(16)15(18)19/h7-8,10H,2-6H2,1H3,(H,18,19).